The number of aryl methyl sites for hydroxylation is 1. The van der Waals surface area contributed by atoms with Gasteiger partial charge in [-0.3, -0.25) is 0 Å². The van der Waals surface area contributed by atoms with E-state index in [1.807, 2.05) is 0 Å². The molecular formula is C8H7F4N. The first-order valence-corrected chi connectivity index (χ1v) is 3.46. The Bertz CT molecular complexity index is 330. The molecule has 2 N–H and O–H groups in total. The fourth-order valence-corrected chi connectivity index (χ4v) is 0.985. The maximum atomic E-state index is 12.7. The maximum Gasteiger partial charge on any atom is 0.421 e. The van der Waals surface area contributed by atoms with E-state index in [1.54, 1.807) is 0 Å². The molecule has 0 amide bonds. The highest BCUT2D eigenvalue weighted by Gasteiger charge is 2.36. The van der Waals surface area contributed by atoms with Crippen LogP contribution in [0.3, 0.4) is 0 Å². The summed E-state index contributed by atoms with van der Waals surface area (Å²) in [6.07, 6.45) is -4.74. The number of alkyl halides is 3. The van der Waals surface area contributed by atoms with Gasteiger partial charge in [0.05, 0.1) is 0 Å². The second kappa shape index (κ2) is 2.90. The summed E-state index contributed by atoms with van der Waals surface area (Å²) in [5.41, 5.74) is 3.40. The van der Waals surface area contributed by atoms with E-state index >= 15 is 0 Å². The van der Waals surface area contributed by atoms with Crippen LogP contribution in [0, 0.1) is 12.7 Å². The Labute approximate surface area is 72.2 Å². The lowest BCUT2D eigenvalue weighted by Crippen LogP contribution is -2.12. The van der Waals surface area contributed by atoms with E-state index in [-0.39, 0.29) is 5.56 Å². The third-order valence-corrected chi connectivity index (χ3v) is 1.70. The smallest absolute Gasteiger partial charge is 0.398 e. The molecule has 0 saturated heterocycles. The number of hydrogen-bond acceptors (Lipinski definition) is 1. The molecule has 1 nitrogen and oxygen atoms in total. The maximum absolute atomic E-state index is 12.7. The van der Waals surface area contributed by atoms with Crippen LogP contribution < -0.4 is 5.73 Å². The van der Waals surface area contributed by atoms with Crippen molar-refractivity contribution in [1.29, 1.82) is 0 Å². The summed E-state index contributed by atoms with van der Waals surface area (Å²) in [4.78, 5) is 0. The van der Waals surface area contributed by atoms with Gasteiger partial charge in [-0.25, -0.2) is 4.39 Å². The molecule has 0 fully saturated rings. The molecule has 0 spiro atoms. The van der Waals surface area contributed by atoms with Crippen LogP contribution in [0.4, 0.5) is 23.2 Å². The number of benzene rings is 1. The molecule has 13 heavy (non-hydrogen) atoms. The van der Waals surface area contributed by atoms with Crippen LogP contribution in [0.25, 0.3) is 0 Å². The first kappa shape index (κ1) is 9.83. The molecule has 0 saturated carbocycles. The lowest BCUT2D eigenvalue weighted by Gasteiger charge is -2.12. The predicted octanol–water partition coefficient (Wildman–Crippen LogP) is 2.74. The van der Waals surface area contributed by atoms with Crippen molar-refractivity contribution >= 4 is 5.69 Å². The second-order valence-corrected chi connectivity index (χ2v) is 2.65. The molecule has 72 valence electrons. The van der Waals surface area contributed by atoms with Crippen molar-refractivity contribution in [2.24, 2.45) is 0 Å². The highest BCUT2D eigenvalue weighted by Crippen LogP contribution is 2.36. The number of anilines is 1. The minimum absolute atomic E-state index is 0.216. The summed E-state index contributed by atoms with van der Waals surface area (Å²) in [6.45, 7) is 1.39. The summed E-state index contributed by atoms with van der Waals surface area (Å²) >= 11 is 0. The molecule has 5 heteroatoms. The fourth-order valence-electron chi connectivity index (χ4n) is 0.985. The number of nitrogens with two attached hydrogens (primary N) is 1. The molecule has 1 rings (SSSR count). The van der Waals surface area contributed by atoms with Crippen LogP contribution in [0.15, 0.2) is 12.1 Å². The molecule has 0 heterocycles. The lowest BCUT2D eigenvalue weighted by molar-refractivity contribution is -0.139. The third kappa shape index (κ3) is 1.74. The van der Waals surface area contributed by atoms with Crippen LogP contribution in [0.2, 0.25) is 0 Å². The first-order valence-electron chi connectivity index (χ1n) is 3.46. The van der Waals surface area contributed by atoms with Crippen molar-refractivity contribution in [2.75, 3.05) is 5.73 Å². The molecule has 0 radical (unpaired) electrons. The van der Waals surface area contributed by atoms with E-state index in [4.69, 9.17) is 5.73 Å². The van der Waals surface area contributed by atoms with Crippen molar-refractivity contribution in [3.8, 4) is 0 Å². The van der Waals surface area contributed by atoms with Gasteiger partial charge in [-0.05, 0) is 18.6 Å². The zero-order valence-electron chi connectivity index (χ0n) is 6.74. The highest BCUT2D eigenvalue weighted by atomic mass is 19.4. The zero-order chi connectivity index (χ0) is 10.2. The highest BCUT2D eigenvalue weighted by molar-refractivity contribution is 5.55. The van der Waals surface area contributed by atoms with E-state index < -0.39 is 23.2 Å². The molecule has 0 bridgehead atoms. The zero-order valence-corrected chi connectivity index (χ0v) is 6.74. The van der Waals surface area contributed by atoms with E-state index in [0.717, 1.165) is 6.07 Å². The quantitative estimate of drug-likeness (QED) is 0.497. The van der Waals surface area contributed by atoms with Gasteiger partial charge in [-0.1, -0.05) is 6.07 Å². The van der Waals surface area contributed by atoms with Crippen molar-refractivity contribution in [2.45, 2.75) is 13.1 Å². The van der Waals surface area contributed by atoms with Crippen molar-refractivity contribution in [1.82, 2.24) is 0 Å². The summed E-state index contributed by atoms with van der Waals surface area (Å²) in [6, 6.07) is 1.97. The van der Waals surface area contributed by atoms with Gasteiger partial charge in [0.15, 0.2) is 0 Å². The van der Waals surface area contributed by atoms with Gasteiger partial charge in [0.1, 0.15) is 11.4 Å². The number of rotatable bonds is 0. The Morgan fingerprint density at radius 2 is 1.77 bits per heavy atom. The summed E-state index contributed by atoms with van der Waals surface area (Å²) in [5.74, 6) is -1.34. The SMILES string of the molecule is Cc1ccc(F)c(C(F)(F)F)c1N. The van der Waals surface area contributed by atoms with E-state index in [9.17, 15) is 17.6 Å². The molecule has 1 aromatic carbocycles. The van der Waals surface area contributed by atoms with Crippen molar-refractivity contribution in [3.63, 3.8) is 0 Å². The summed E-state index contributed by atoms with van der Waals surface area (Å²) in [5, 5.41) is 0. The van der Waals surface area contributed by atoms with E-state index in [1.165, 1.54) is 13.0 Å². The fraction of sp³-hybridized carbons (Fsp3) is 0.250. The normalized spacial score (nSPS) is 11.8. The van der Waals surface area contributed by atoms with Crippen LogP contribution in [0.1, 0.15) is 11.1 Å². The lowest BCUT2D eigenvalue weighted by atomic mass is 10.1. The molecule has 1 aromatic rings. The molecule has 0 unspecified atom stereocenters. The average molecular weight is 193 g/mol. The first-order chi connectivity index (χ1) is 5.84. The molecule has 0 aliphatic heterocycles. The Balaban J connectivity index is 3.43. The Morgan fingerprint density at radius 1 is 1.23 bits per heavy atom. The van der Waals surface area contributed by atoms with E-state index in [0.29, 0.717) is 0 Å². The Hall–Kier alpha value is -1.26. The average Bonchev–Trinajstić information content (AvgIpc) is 1.95. The van der Waals surface area contributed by atoms with Crippen LogP contribution in [-0.2, 0) is 6.18 Å². The third-order valence-electron chi connectivity index (χ3n) is 1.70. The standard InChI is InChI=1S/C8H7F4N/c1-4-2-3-5(9)6(7(4)13)8(10,11)12/h2-3H,13H2,1H3. The number of hydrogen-bond donors (Lipinski definition) is 1. The van der Waals surface area contributed by atoms with Gasteiger partial charge in [0.25, 0.3) is 0 Å². The van der Waals surface area contributed by atoms with Crippen molar-refractivity contribution in [3.05, 3.63) is 29.1 Å². The topological polar surface area (TPSA) is 26.0 Å². The number of halogens is 4. The van der Waals surface area contributed by atoms with Gasteiger partial charge in [-0.2, -0.15) is 13.2 Å². The largest absolute Gasteiger partial charge is 0.421 e. The van der Waals surface area contributed by atoms with Gasteiger partial charge in [-0.15, -0.1) is 0 Å². The number of nitrogen functional groups attached to an aromatic ring is 1. The van der Waals surface area contributed by atoms with Crippen LogP contribution >= 0.6 is 0 Å². The van der Waals surface area contributed by atoms with Gasteiger partial charge in [0.2, 0.25) is 0 Å². The predicted molar refractivity (Wildman–Crippen MR) is 40.6 cm³/mol. The minimum atomic E-state index is -4.74. The van der Waals surface area contributed by atoms with Gasteiger partial charge in [0, 0.05) is 5.69 Å². The molecule has 0 aromatic heterocycles. The Morgan fingerprint density at radius 3 is 2.15 bits per heavy atom. The van der Waals surface area contributed by atoms with E-state index in [2.05, 4.69) is 0 Å². The van der Waals surface area contributed by atoms with Crippen molar-refractivity contribution < 1.29 is 17.6 Å². The molecular weight excluding hydrogens is 186 g/mol. The summed E-state index contributed by atoms with van der Waals surface area (Å²) < 4.78 is 49.2. The monoisotopic (exact) mass is 193 g/mol. The second-order valence-electron chi connectivity index (χ2n) is 2.65. The summed E-state index contributed by atoms with van der Waals surface area (Å²) in [7, 11) is 0. The van der Waals surface area contributed by atoms with Crippen LogP contribution in [-0.4, -0.2) is 0 Å². The van der Waals surface area contributed by atoms with Gasteiger partial charge < -0.3 is 5.73 Å². The molecule has 0 atom stereocenters. The Kier molecular flexibility index (Phi) is 2.19. The minimum Gasteiger partial charge on any atom is -0.398 e. The molecule has 0 aliphatic rings. The van der Waals surface area contributed by atoms with Crippen LogP contribution in [0.5, 0.6) is 0 Å². The van der Waals surface area contributed by atoms with Gasteiger partial charge >= 0.3 is 6.18 Å². The molecule has 0 aliphatic carbocycles.